The first-order valence-electron chi connectivity index (χ1n) is 8.88. The second-order valence-electron chi connectivity index (χ2n) is 6.69. The molecule has 126 valence electrons. The molecule has 2 N–H and O–H groups in total. The van der Waals surface area contributed by atoms with Crippen LogP contribution in [0.5, 0.6) is 0 Å². The van der Waals surface area contributed by atoms with Crippen LogP contribution in [-0.2, 0) is 9.53 Å². The Kier molecular flexibility index (Phi) is 6.06. The number of nitrogens with zero attached hydrogens (tertiary/aromatic N) is 2. The second-order valence-corrected chi connectivity index (χ2v) is 6.69. The Hall–Kier alpha value is -0.690. The van der Waals surface area contributed by atoms with Crippen LogP contribution < -0.4 is 10.6 Å². The van der Waals surface area contributed by atoms with E-state index in [2.05, 4.69) is 15.5 Å². The Labute approximate surface area is 133 Å². The summed E-state index contributed by atoms with van der Waals surface area (Å²) in [5.41, 5.74) is 0. The molecule has 0 aromatic heterocycles. The average molecular weight is 310 g/mol. The lowest BCUT2D eigenvalue weighted by atomic mass is 10.1. The number of carbonyl (C=O) groups excluding carboxylic acids is 1. The number of carbonyl (C=O) groups is 1. The number of rotatable bonds is 4. The molecule has 3 aliphatic rings. The van der Waals surface area contributed by atoms with Gasteiger partial charge in [-0.1, -0.05) is 0 Å². The van der Waals surface area contributed by atoms with Crippen molar-refractivity contribution < 1.29 is 9.53 Å². The molecule has 0 bridgehead atoms. The summed E-state index contributed by atoms with van der Waals surface area (Å²) in [4.78, 5) is 16.6. The third-order valence-electron chi connectivity index (χ3n) is 5.03. The number of piperidine rings is 2. The summed E-state index contributed by atoms with van der Waals surface area (Å²) in [6.07, 6.45) is 5.26. The van der Waals surface area contributed by atoms with Gasteiger partial charge in [-0.05, 0) is 38.8 Å². The van der Waals surface area contributed by atoms with E-state index in [9.17, 15) is 4.79 Å². The SMILES string of the molecule is O=C(CN1CCC(OC2CCNCC2)CC1)N1CCNCC1. The summed E-state index contributed by atoms with van der Waals surface area (Å²) in [7, 11) is 0. The van der Waals surface area contributed by atoms with Crippen LogP contribution in [0.2, 0.25) is 0 Å². The fourth-order valence-corrected chi connectivity index (χ4v) is 3.61. The summed E-state index contributed by atoms with van der Waals surface area (Å²) in [5.74, 6) is 0.291. The number of nitrogens with one attached hydrogen (secondary N) is 2. The van der Waals surface area contributed by atoms with Gasteiger partial charge in [0, 0.05) is 39.3 Å². The molecule has 3 rings (SSSR count). The van der Waals surface area contributed by atoms with E-state index in [0.29, 0.717) is 24.7 Å². The highest BCUT2D eigenvalue weighted by Gasteiger charge is 2.26. The van der Waals surface area contributed by atoms with Crippen LogP contribution in [0.15, 0.2) is 0 Å². The zero-order chi connectivity index (χ0) is 15.2. The molecule has 1 amide bonds. The van der Waals surface area contributed by atoms with Crippen molar-refractivity contribution in [2.45, 2.75) is 37.9 Å². The van der Waals surface area contributed by atoms with E-state index < -0.39 is 0 Å². The average Bonchev–Trinajstić information content (AvgIpc) is 2.58. The fraction of sp³-hybridized carbons (Fsp3) is 0.938. The molecule has 0 aromatic carbocycles. The molecule has 0 aromatic rings. The topological polar surface area (TPSA) is 56.8 Å². The summed E-state index contributed by atoms with van der Waals surface area (Å²) >= 11 is 0. The molecule has 0 radical (unpaired) electrons. The predicted molar refractivity (Wildman–Crippen MR) is 85.9 cm³/mol. The third-order valence-corrected chi connectivity index (χ3v) is 5.03. The normalized spacial score (nSPS) is 26.3. The number of piperazine rings is 1. The second kappa shape index (κ2) is 8.24. The highest BCUT2D eigenvalue weighted by Crippen LogP contribution is 2.19. The van der Waals surface area contributed by atoms with Gasteiger partial charge >= 0.3 is 0 Å². The Morgan fingerprint density at radius 1 is 0.864 bits per heavy atom. The van der Waals surface area contributed by atoms with Gasteiger partial charge in [-0.25, -0.2) is 0 Å². The van der Waals surface area contributed by atoms with Crippen molar-refractivity contribution in [1.82, 2.24) is 20.4 Å². The molecule has 3 heterocycles. The highest BCUT2D eigenvalue weighted by atomic mass is 16.5. The highest BCUT2D eigenvalue weighted by molar-refractivity contribution is 5.78. The molecule has 3 aliphatic heterocycles. The minimum atomic E-state index is 0.291. The van der Waals surface area contributed by atoms with Crippen molar-refractivity contribution in [3.05, 3.63) is 0 Å². The van der Waals surface area contributed by atoms with E-state index in [1.54, 1.807) is 0 Å². The molecular weight excluding hydrogens is 280 g/mol. The van der Waals surface area contributed by atoms with Gasteiger partial charge in [0.05, 0.1) is 18.8 Å². The maximum atomic E-state index is 12.3. The van der Waals surface area contributed by atoms with Crippen molar-refractivity contribution in [2.24, 2.45) is 0 Å². The lowest BCUT2D eigenvalue weighted by molar-refractivity contribution is -0.134. The molecule has 3 fully saturated rings. The molecule has 6 heteroatoms. The van der Waals surface area contributed by atoms with Gasteiger partial charge in [0.1, 0.15) is 0 Å². The van der Waals surface area contributed by atoms with Gasteiger partial charge in [0.15, 0.2) is 0 Å². The van der Waals surface area contributed by atoms with Gasteiger partial charge in [0.2, 0.25) is 5.91 Å². The Bertz CT molecular complexity index is 346. The van der Waals surface area contributed by atoms with Crippen molar-refractivity contribution in [3.63, 3.8) is 0 Å². The number of hydrogen-bond donors (Lipinski definition) is 2. The monoisotopic (exact) mass is 310 g/mol. The first-order valence-corrected chi connectivity index (χ1v) is 8.88. The van der Waals surface area contributed by atoms with E-state index in [-0.39, 0.29) is 0 Å². The first kappa shape index (κ1) is 16.2. The van der Waals surface area contributed by atoms with Crippen LogP contribution in [0, 0.1) is 0 Å². The molecule has 0 unspecified atom stereocenters. The van der Waals surface area contributed by atoms with E-state index in [1.807, 2.05) is 4.90 Å². The lowest BCUT2D eigenvalue weighted by Gasteiger charge is -2.36. The van der Waals surface area contributed by atoms with Gasteiger partial charge in [-0.2, -0.15) is 0 Å². The quantitative estimate of drug-likeness (QED) is 0.743. The fourth-order valence-electron chi connectivity index (χ4n) is 3.61. The maximum absolute atomic E-state index is 12.3. The number of likely N-dealkylation sites (tertiary alicyclic amines) is 1. The Balaban J connectivity index is 1.35. The molecule has 3 saturated heterocycles. The van der Waals surface area contributed by atoms with E-state index in [4.69, 9.17) is 4.74 Å². The molecule has 0 spiro atoms. The number of amides is 1. The molecular formula is C16H30N4O2. The van der Waals surface area contributed by atoms with Gasteiger partial charge in [0.25, 0.3) is 0 Å². The zero-order valence-corrected chi connectivity index (χ0v) is 13.6. The molecule has 6 nitrogen and oxygen atoms in total. The minimum Gasteiger partial charge on any atom is -0.375 e. The van der Waals surface area contributed by atoms with E-state index in [0.717, 1.165) is 78.0 Å². The summed E-state index contributed by atoms with van der Waals surface area (Å²) in [6, 6.07) is 0. The van der Waals surface area contributed by atoms with Crippen molar-refractivity contribution in [3.8, 4) is 0 Å². The van der Waals surface area contributed by atoms with Crippen molar-refractivity contribution in [1.29, 1.82) is 0 Å². The molecule has 22 heavy (non-hydrogen) atoms. The van der Waals surface area contributed by atoms with E-state index in [1.165, 1.54) is 0 Å². The first-order chi connectivity index (χ1) is 10.8. The molecule has 0 saturated carbocycles. The Morgan fingerprint density at radius 3 is 2.14 bits per heavy atom. The van der Waals surface area contributed by atoms with Gasteiger partial charge in [-0.3, -0.25) is 9.69 Å². The molecule has 0 atom stereocenters. The van der Waals surface area contributed by atoms with Crippen molar-refractivity contribution in [2.75, 3.05) is 58.9 Å². The van der Waals surface area contributed by atoms with Gasteiger partial charge < -0.3 is 20.3 Å². The largest absolute Gasteiger partial charge is 0.375 e. The number of ether oxygens (including phenoxy) is 1. The standard InChI is InChI=1S/C16H30N4O2/c21-16(20-11-7-18-8-12-20)13-19-9-3-15(4-10-19)22-14-1-5-17-6-2-14/h14-15,17-18H,1-13H2. The van der Waals surface area contributed by atoms with Crippen LogP contribution in [-0.4, -0.2) is 86.8 Å². The van der Waals surface area contributed by atoms with Crippen LogP contribution in [0.3, 0.4) is 0 Å². The smallest absolute Gasteiger partial charge is 0.236 e. The van der Waals surface area contributed by atoms with Crippen LogP contribution >= 0.6 is 0 Å². The third kappa shape index (κ3) is 4.65. The lowest BCUT2D eigenvalue weighted by Crippen LogP contribution is -2.51. The minimum absolute atomic E-state index is 0.291. The summed E-state index contributed by atoms with van der Waals surface area (Å²) < 4.78 is 6.23. The Morgan fingerprint density at radius 2 is 1.45 bits per heavy atom. The zero-order valence-electron chi connectivity index (χ0n) is 13.6. The van der Waals surface area contributed by atoms with E-state index >= 15 is 0 Å². The number of hydrogen-bond acceptors (Lipinski definition) is 5. The van der Waals surface area contributed by atoms with Crippen LogP contribution in [0.4, 0.5) is 0 Å². The van der Waals surface area contributed by atoms with Crippen LogP contribution in [0.1, 0.15) is 25.7 Å². The summed E-state index contributed by atoms with van der Waals surface area (Å²) in [5, 5.41) is 6.67. The molecule has 0 aliphatic carbocycles. The van der Waals surface area contributed by atoms with Crippen molar-refractivity contribution >= 4 is 5.91 Å². The predicted octanol–water partition coefficient (Wildman–Crippen LogP) is -0.349. The summed E-state index contributed by atoms with van der Waals surface area (Å²) in [6.45, 7) is 8.31. The van der Waals surface area contributed by atoms with Gasteiger partial charge in [-0.15, -0.1) is 0 Å². The van der Waals surface area contributed by atoms with Crippen LogP contribution in [0.25, 0.3) is 0 Å². The maximum Gasteiger partial charge on any atom is 0.236 e.